The minimum atomic E-state index is -1.00. The Hall–Kier alpha value is -0.370. The van der Waals surface area contributed by atoms with Crippen LogP contribution in [-0.2, 0) is 4.79 Å². The van der Waals surface area contributed by atoms with Crippen LogP contribution >= 0.6 is 0 Å². The van der Waals surface area contributed by atoms with Crippen molar-refractivity contribution in [1.29, 1.82) is 0 Å². The van der Waals surface area contributed by atoms with Crippen LogP contribution in [0.15, 0.2) is 0 Å². The molecule has 4 aliphatic rings. The number of carbonyl (C=O) groups is 1. The second-order valence-corrected chi connectivity index (χ2v) is 7.74. The zero-order valence-electron chi connectivity index (χ0n) is 11.2. The van der Waals surface area contributed by atoms with Gasteiger partial charge < -0.3 is 9.90 Å². The SMILES string of the molecule is O=CC(O)(C12CCC(CC1)C2)C12CCC(CC1)C2. The van der Waals surface area contributed by atoms with Crippen molar-refractivity contribution in [1.82, 2.24) is 0 Å². The molecule has 0 heterocycles. The molecule has 0 aliphatic heterocycles. The molecule has 0 aromatic rings. The van der Waals surface area contributed by atoms with E-state index in [4.69, 9.17) is 0 Å². The van der Waals surface area contributed by atoms with E-state index in [0.717, 1.165) is 56.6 Å². The van der Waals surface area contributed by atoms with Crippen molar-refractivity contribution in [2.45, 2.75) is 69.8 Å². The Morgan fingerprint density at radius 2 is 1.28 bits per heavy atom. The van der Waals surface area contributed by atoms with Crippen LogP contribution in [-0.4, -0.2) is 17.0 Å². The van der Waals surface area contributed by atoms with Crippen LogP contribution in [0.4, 0.5) is 0 Å². The number of hydrogen-bond donors (Lipinski definition) is 1. The van der Waals surface area contributed by atoms with Gasteiger partial charge in [-0.05, 0) is 76.0 Å². The van der Waals surface area contributed by atoms with E-state index in [2.05, 4.69) is 0 Å². The maximum atomic E-state index is 11.9. The molecule has 100 valence electrons. The second-order valence-electron chi connectivity index (χ2n) is 7.74. The highest BCUT2D eigenvalue weighted by Gasteiger charge is 2.68. The van der Waals surface area contributed by atoms with Gasteiger partial charge in [0.05, 0.1) is 0 Å². The van der Waals surface area contributed by atoms with Crippen molar-refractivity contribution in [3.63, 3.8) is 0 Å². The second kappa shape index (κ2) is 3.39. The molecule has 0 atom stereocenters. The molecular formula is C16H24O2. The molecule has 4 fully saturated rings. The summed E-state index contributed by atoms with van der Waals surface area (Å²) in [6.07, 6.45) is 12.6. The third kappa shape index (κ3) is 1.12. The predicted molar refractivity (Wildman–Crippen MR) is 69.0 cm³/mol. The fourth-order valence-corrected chi connectivity index (χ4v) is 6.27. The van der Waals surface area contributed by atoms with Crippen molar-refractivity contribution >= 4 is 6.29 Å². The monoisotopic (exact) mass is 248 g/mol. The number of aldehydes is 1. The summed E-state index contributed by atoms with van der Waals surface area (Å²) in [5, 5.41) is 11.4. The van der Waals surface area contributed by atoms with E-state index in [1.165, 1.54) is 25.7 Å². The van der Waals surface area contributed by atoms with Gasteiger partial charge >= 0.3 is 0 Å². The van der Waals surface area contributed by atoms with Gasteiger partial charge in [0.2, 0.25) is 0 Å². The van der Waals surface area contributed by atoms with E-state index < -0.39 is 5.60 Å². The smallest absolute Gasteiger partial charge is 0.152 e. The molecule has 4 saturated carbocycles. The molecule has 1 N–H and O–H groups in total. The number of hydrogen-bond acceptors (Lipinski definition) is 2. The highest BCUT2D eigenvalue weighted by molar-refractivity contribution is 5.67. The van der Waals surface area contributed by atoms with Crippen molar-refractivity contribution in [3.8, 4) is 0 Å². The van der Waals surface area contributed by atoms with Gasteiger partial charge in [-0.3, -0.25) is 0 Å². The fraction of sp³-hybridized carbons (Fsp3) is 0.938. The summed E-state index contributed by atoms with van der Waals surface area (Å²) in [5.74, 6) is 1.60. The minimum Gasteiger partial charge on any atom is -0.381 e. The first-order valence-corrected chi connectivity index (χ1v) is 7.82. The quantitative estimate of drug-likeness (QED) is 0.779. The standard InChI is InChI=1S/C16H24O2/c17-11-16(18,14-5-1-12(9-14)2-6-14)15-7-3-13(10-15)4-8-15/h11-13,18H,1-10H2. The largest absolute Gasteiger partial charge is 0.381 e. The van der Waals surface area contributed by atoms with Crippen molar-refractivity contribution < 1.29 is 9.90 Å². The lowest BCUT2D eigenvalue weighted by atomic mass is 9.56. The predicted octanol–water partition coefficient (Wildman–Crippen LogP) is 3.08. The average Bonchev–Trinajstić information content (AvgIpc) is 3.16. The van der Waals surface area contributed by atoms with Gasteiger partial charge in [0.25, 0.3) is 0 Å². The summed E-state index contributed by atoms with van der Waals surface area (Å²) >= 11 is 0. The number of fused-ring (bicyclic) bond motifs is 4. The number of aliphatic hydroxyl groups is 1. The van der Waals surface area contributed by atoms with Gasteiger partial charge in [0.15, 0.2) is 6.29 Å². The topological polar surface area (TPSA) is 37.3 Å². The van der Waals surface area contributed by atoms with Crippen LogP contribution in [0.2, 0.25) is 0 Å². The third-order valence-corrected chi connectivity index (χ3v) is 7.27. The first-order chi connectivity index (χ1) is 8.63. The molecule has 0 radical (unpaired) electrons. The summed E-state index contributed by atoms with van der Waals surface area (Å²) in [7, 11) is 0. The van der Waals surface area contributed by atoms with Gasteiger partial charge in [0.1, 0.15) is 5.60 Å². The Bertz CT molecular complexity index is 341. The van der Waals surface area contributed by atoms with E-state index in [-0.39, 0.29) is 10.8 Å². The van der Waals surface area contributed by atoms with Crippen LogP contribution in [0.3, 0.4) is 0 Å². The van der Waals surface area contributed by atoms with Crippen LogP contribution < -0.4 is 0 Å². The van der Waals surface area contributed by atoms with E-state index in [9.17, 15) is 9.90 Å². The van der Waals surface area contributed by atoms with Crippen LogP contribution in [0.1, 0.15) is 64.2 Å². The van der Waals surface area contributed by atoms with Gasteiger partial charge in [-0.15, -0.1) is 0 Å². The molecule has 2 nitrogen and oxygen atoms in total. The normalized spacial score (nSPS) is 52.7. The molecule has 4 aliphatic carbocycles. The molecule has 0 saturated heterocycles. The van der Waals surface area contributed by atoms with E-state index in [1.807, 2.05) is 0 Å². The van der Waals surface area contributed by atoms with E-state index >= 15 is 0 Å². The lowest BCUT2D eigenvalue weighted by Crippen LogP contribution is -2.58. The summed E-state index contributed by atoms with van der Waals surface area (Å²) in [5.41, 5.74) is -1.09. The lowest BCUT2D eigenvalue weighted by molar-refractivity contribution is -0.173. The first kappa shape index (κ1) is 11.5. The maximum absolute atomic E-state index is 11.9. The van der Waals surface area contributed by atoms with Crippen molar-refractivity contribution in [2.75, 3.05) is 0 Å². The Labute approximate surface area is 109 Å². The third-order valence-electron chi connectivity index (χ3n) is 7.27. The average molecular weight is 248 g/mol. The van der Waals surface area contributed by atoms with Gasteiger partial charge in [-0.2, -0.15) is 0 Å². The molecular weight excluding hydrogens is 224 g/mol. The van der Waals surface area contributed by atoms with Crippen LogP contribution in [0.25, 0.3) is 0 Å². The minimum absolute atomic E-state index is 0.0430. The fourth-order valence-electron chi connectivity index (χ4n) is 6.27. The zero-order chi connectivity index (χ0) is 12.4. The number of rotatable bonds is 3. The van der Waals surface area contributed by atoms with Crippen LogP contribution in [0, 0.1) is 22.7 Å². The molecule has 0 unspecified atom stereocenters. The molecule has 0 aromatic carbocycles. The summed E-state index contributed by atoms with van der Waals surface area (Å²) in [4.78, 5) is 11.9. The Kier molecular flexibility index (Phi) is 2.16. The van der Waals surface area contributed by atoms with Crippen molar-refractivity contribution in [3.05, 3.63) is 0 Å². The Morgan fingerprint density at radius 1 is 0.889 bits per heavy atom. The van der Waals surface area contributed by atoms with E-state index in [0.29, 0.717) is 0 Å². The van der Waals surface area contributed by atoms with Crippen molar-refractivity contribution in [2.24, 2.45) is 22.7 Å². The molecule has 0 spiro atoms. The van der Waals surface area contributed by atoms with Crippen LogP contribution in [0.5, 0.6) is 0 Å². The molecule has 0 amide bonds. The molecule has 4 bridgehead atoms. The van der Waals surface area contributed by atoms with Gasteiger partial charge in [-0.1, -0.05) is 0 Å². The molecule has 18 heavy (non-hydrogen) atoms. The zero-order valence-corrected chi connectivity index (χ0v) is 11.2. The first-order valence-electron chi connectivity index (χ1n) is 7.82. The Balaban J connectivity index is 1.77. The molecule has 2 heteroatoms. The van der Waals surface area contributed by atoms with Gasteiger partial charge in [-0.25, -0.2) is 0 Å². The summed E-state index contributed by atoms with van der Waals surface area (Å²) < 4.78 is 0. The Morgan fingerprint density at radius 3 is 1.50 bits per heavy atom. The molecule has 4 rings (SSSR count). The van der Waals surface area contributed by atoms with E-state index in [1.54, 1.807) is 0 Å². The molecule has 0 aromatic heterocycles. The number of carbonyl (C=O) groups excluding carboxylic acids is 1. The highest BCUT2D eigenvalue weighted by Crippen LogP contribution is 2.69. The summed E-state index contributed by atoms with van der Waals surface area (Å²) in [6.45, 7) is 0. The maximum Gasteiger partial charge on any atom is 0.152 e. The van der Waals surface area contributed by atoms with Gasteiger partial charge in [0, 0.05) is 10.8 Å². The highest BCUT2D eigenvalue weighted by atomic mass is 16.3. The lowest BCUT2D eigenvalue weighted by Gasteiger charge is -2.51. The summed E-state index contributed by atoms with van der Waals surface area (Å²) in [6, 6.07) is 0.